The van der Waals surface area contributed by atoms with Gasteiger partial charge < -0.3 is 9.84 Å². The quantitative estimate of drug-likeness (QED) is 0.711. The van der Waals surface area contributed by atoms with Gasteiger partial charge in [-0.1, -0.05) is 28.1 Å². The van der Waals surface area contributed by atoms with Gasteiger partial charge in [0.25, 0.3) is 0 Å². The number of ether oxygens (including phenoxy) is 1. The molecule has 4 unspecified atom stereocenters. The van der Waals surface area contributed by atoms with Crippen LogP contribution >= 0.6 is 15.9 Å². The second-order valence-electron chi connectivity index (χ2n) is 7.95. The SMILES string of the molecule is CC1CN(CC(O)CN2C(=O)CC(C)(c3ccc(Br)cc3)C2=O)CC(C)O1. The van der Waals surface area contributed by atoms with Gasteiger partial charge in [-0.2, -0.15) is 0 Å². The van der Waals surface area contributed by atoms with E-state index in [2.05, 4.69) is 20.8 Å². The van der Waals surface area contributed by atoms with Crippen LogP contribution in [0.4, 0.5) is 0 Å². The molecule has 4 atom stereocenters. The molecule has 1 aromatic carbocycles. The minimum Gasteiger partial charge on any atom is -0.390 e. The second-order valence-corrected chi connectivity index (χ2v) is 8.87. The number of aliphatic hydroxyl groups excluding tert-OH is 1. The van der Waals surface area contributed by atoms with E-state index >= 15 is 0 Å². The molecular weight excluding hydrogens is 412 g/mol. The average molecular weight is 439 g/mol. The molecule has 2 aliphatic rings. The van der Waals surface area contributed by atoms with Gasteiger partial charge in [0.15, 0.2) is 0 Å². The van der Waals surface area contributed by atoms with Gasteiger partial charge in [0.2, 0.25) is 11.8 Å². The summed E-state index contributed by atoms with van der Waals surface area (Å²) >= 11 is 3.39. The lowest BCUT2D eigenvalue weighted by atomic mass is 9.81. The molecule has 2 aliphatic heterocycles. The van der Waals surface area contributed by atoms with Gasteiger partial charge in [0.1, 0.15) is 0 Å². The maximum Gasteiger partial charge on any atom is 0.240 e. The van der Waals surface area contributed by atoms with Crippen molar-refractivity contribution in [2.24, 2.45) is 0 Å². The molecule has 0 bridgehead atoms. The van der Waals surface area contributed by atoms with Crippen LogP contribution in [-0.4, -0.2) is 71.2 Å². The summed E-state index contributed by atoms with van der Waals surface area (Å²) in [5.74, 6) is -0.467. The first kappa shape index (κ1) is 20.5. The summed E-state index contributed by atoms with van der Waals surface area (Å²) in [6.45, 7) is 7.74. The van der Waals surface area contributed by atoms with Gasteiger partial charge in [-0.25, -0.2) is 0 Å². The number of hydrogen-bond donors (Lipinski definition) is 1. The highest BCUT2D eigenvalue weighted by Gasteiger charge is 2.49. The first-order valence-electron chi connectivity index (χ1n) is 9.36. The number of likely N-dealkylation sites (tertiary alicyclic amines) is 1. The lowest BCUT2D eigenvalue weighted by molar-refractivity contribution is -0.142. The highest BCUT2D eigenvalue weighted by Crippen LogP contribution is 2.36. The van der Waals surface area contributed by atoms with Crippen LogP contribution in [0.3, 0.4) is 0 Å². The molecular formula is C20H27BrN2O4. The molecule has 3 rings (SSSR count). The zero-order chi connectivity index (χ0) is 19.8. The van der Waals surface area contributed by atoms with Crippen LogP contribution in [0.5, 0.6) is 0 Å². The van der Waals surface area contributed by atoms with Crippen LogP contribution in [0, 0.1) is 0 Å². The van der Waals surface area contributed by atoms with E-state index in [1.54, 1.807) is 6.92 Å². The number of carbonyl (C=O) groups excluding carboxylic acids is 2. The fourth-order valence-corrected chi connectivity index (χ4v) is 4.38. The standard InChI is InChI=1S/C20H27BrN2O4/c1-13-9-22(10-14(2)27-13)11-17(24)12-23-18(25)8-20(3,19(23)26)15-4-6-16(21)7-5-15/h4-7,13-14,17,24H,8-12H2,1-3H3. The van der Waals surface area contributed by atoms with Crippen molar-refractivity contribution in [3.63, 3.8) is 0 Å². The van der Waals surface area contributed by atoms with Crippen LogP contribution < -0.4 is 0 Å². The topological polar surface area (TPSA) is 70.1 Å². The van der Waals surface area contributed by atoms with Crippen LogP contribution in [-0.2, 0) is 19.7 Å². The van der Waals surface area contributed by atoms with Crippen molar-refractivity contribution in [3.8, 4) is 0 Å². The van der Waals surface area contributed by atoms with Gasteiger partial charge in [-0.05, 0) is 38.5 Å². The summed E-state index contributed by atoms with van der Waals surface area (Å²) < 4.78 is 6.63. The fraction of sp³-hybridized carbons (Fsp3) is 0.600. The number of morpholine rings is 1. The van der Waals surface area contributed by atoms with Gasteiger partial charge in [-0.3, -0.25) is 19.4 Å². The monoisotopic (exact) mass is 438 g/mol. The Morgan fingerprint density at radius 2 is 1.78 bits per heavy atom. The lowest BCUT2D eigenvalue weighted by Gasteiger charge is -2.36. The molecule has 0 saturated carbocycles. The molecule has 2 fully saturated rings. The molecule has 1 aromatic rings. The highest BCUT2D eigenvalue weighted by atomic mass is 79.9. The fourth-order valence-electron chi connectivity index (χ4n) is 4.11. The molecule has 2 amide bonds. The Bertz CT molecular complexity index is 700. The van der Waals surface area contributed by atoms with Crippen molar-refractivity contribution < 1.29 is 19.4 Å². The third-order valence-electron chi connectivity index (χ3n) is 5.36. The third-order valence-corrected chi connectivity index (χ3v) is 5.89. The largest absolute Gasteiger partial charge is 0.390 e. The van der Waals surface area contributed by atoms with E-state index in [1.165, 1.54) is 4.90 Å². The molecule has 27 heavy (non-hydrogen) atoms. The van der Waals surface area contributed by atoms with Crippen molar-refractivity contribution in [3.05, 3.63) is 34.3 Å². The first-order chi connectivity index (χ1) is 12.7. The molecule has 0 spiro atoms. The Kier molecular flexibility index (Phi) is 6.05. The molecule has 7 heteroatoms. The Hall–Kier alpha value is -1.28. The van der Waals surface area contributed by atoms with Crippen molar-refractivity contribution in [1.82, 2.24) is 9.80 Å². The van der Waals surface area contributed by atoms with Gasteiger partial charge in [0, 0.05) is 30.5 Å². The number of amides is 2. The molecule has 148 valence electrons. The van der Waals surface area contributed by atoms with Gasteiger partial charge in [0.05, 0.1) is 30.3 Å². The zero-order valence-electron chi connectivity index (χ0n) is 16.0. The number of nitrogens with zero attached hydrogens (tertiary/aromatic N) is 2. The van der Waals surface area contributed by atoms with E-state index in [4.69, 9.17) is 4.74 Å². The third kappa shape index (κ3) is 4.42. The van der Waals surface area contributed by atoms with E-state index in [0.29, 0.717) is 6.54 Å². The number of carbonyl (C=O) groups is 2. The molecule has 0 aliphatic carbocycles. The number of imide groups is 1. The molecule has 1 N–H and O–H groups in total. The van der Waals surface area contributed by atoms with Crippen LogP contribution in [0.25, 0.3) is 0 Å². The predicted octanol–water partition coefficient (Wildman–Crippen LogP) is 1.94. The maximum atomic E-state index is 13.0. The molecule has 6 nitrogen and oxygen atoms in total. The van der Waals surface area contributed by atoms with Crippen molar-refractivity contribution in [2.75, 3.05) is 26.2 Å². The van der Waals surface area contributed by atoms with E-state index in [9.17, 15) is 14.7 Å². The van der Waals surface area contributed by atoms with Crippen LogP contribution in [0.1, 0.15) is 32.8 Å². The zero-order valence-corrected chi connectivity index (χ0v) is 17.6. The van der Waals surface area contributed by atoms with Gasteiger partial charge >= 0.3 is 0 Å². The number of benzene rings is 1. The Morgan fingerprint density at radius 1 is 1.19 bits per heavy atom. The smallest absolute Gasteiger partial charge is 0.240 e. The van der Waals surface area contributed by atoms with Crippen molar-refractivity contribution >= 4 is 27.7 Å². The number of aliphatic hydroxyl groups is 1. The number of β-amino-alcohol motifs (C(OH)–C–C–N with tert-alkyl or cyclic N) is 1. The molecule has 0 radical (unpaired) electrons. The Morgan fingerprint density at radius 3 is 2.37 bits per heavy atom. The Labute approximate surface area is 168 Å². The van der Waals surface area contributed by atoms with Crippen LogP contribution in [0.2, 0.25) is 0 Å². The van der Waals surface area contributed by atoms with E-state index in [1.807, 2.05) is 38.1 Å². The summed E-state index contributed by atoms with van der Waals surface area (Å²) in [6.07, 6.45) is -0.428. The molecule has 0 aromatic heterocycles. The summed E-state index contributed by atoms with van der Waals surface area (Å²) in [5, 5.41) is 10.5. The molecule has 2 saturated heterocycles. The highest BCUT2D eigenvalue weighted by molar-refractivity contribution is 9.10. The second kappa shape index (κ2) is 7.99. The number of rotatable bonds is 5. The number of halogens is 1. The average Bonchev–Trinajstić information content (AvgIpc) is 2.78. The minimum absolute atomic E-state index is 0.0317. The van der Waals surface area contributed by atoms with Gasteiger partial charge in [-0.15, -0.1) is 0 Å². The van der Waals surface area contributed by atoms with Crippen molar-refractivity contribution in [2.45, 2.75) is 50.9 Å². The van der Waals surface area contributed by atoms with Crippen LogP contribution in [0.15, 0.2) is 28.7 Å². The summed E-state index contributed by atoms with van der Waals surface area (Å²) in [4.78, 5) is 28.9. The summed E-state index contributed by atoms with van der Waals surface area (Å²) in [5.41, 5.74) is -0.0590. The minimum atomic E-state index is -0.876. The van der Waals surface area contributed by atoms with E-state index in [0.717, 1.165) is 23.1 Å². The summed E-state index contributed by atoms with van der Waals surface area (Å²) in [7, 11) is 0. The van der Waals surface area contributed by atoms with Crippen molar-refractivity contribution in [1.29, 1.82) is 0 Å². The molecule has 2 heterocycles. The van der Waals surface area contributed by atoms with E-state index < -0.39 is 11.5 Å². The van der Waals surface area contributed by atoms with E-state index in [-0.39, 0.29) is 37.0 Å². The Balaban J connectivity index is 1.65. The maximum absolute atomic E-state index is 13.0. The number of hydrogen-bond acceptors (Lipinski definition) is 5. The normalized spacial score (nSPS) is 30.8. The first-order valence-corrected chi connectivity index (χ1v) is 10.1. The summed E-state index contributed by atoms with van der Waals surface area (Å²) in [6, 6.07) is 7.48. The lowest BCUT2D eigenvalue weighted by Crippen LogP contribution is -2.50. The predicted molar refractivity (Wildman–Crippen MR) is 105 cm³/mol.